The summed E-state index contributed by atoms with van der Waals surface area (Å²) in [5, 5.41) is 0. The normalized spacial score (nSPS) is 12.1. The predicted molar refractivity (Wildman–Crippen MR) is 73.7 cm³/mol. The van der Waals surface area contributed by atoms with E-state index in [9.17, 15) is 9.59 Å². The molecular formula is C10H20N2O4S2Zn. The number of carbonyl (C=O) groups excluding carboxylic acids is 2. The summed E-state index contributed by atoms with van der Waals surface area (Å²) in [5.74, 6) is -0.377. The number of hydrogen-bond acceptors (Lipinski definition) is 8. The van der Waals surface area contributed by atoms with Crippen molar-refractivity contribution in [3.63, 3.8) is 0 Å². The van der Waals surface area contributed by atoms with Crippen molar-refractivity contribution in [1.29, 1.82) is 0 Å². The zero-order valence-corrected chi connectivity index (χ0v) is 15.9. The van der Waals surface area contributed by atoms with Gasteiger partial charge in [-0.3, -0.25) is 9.59 Å². The van der Waals surface area contributed by atoms with Gasteiger partial charge in [0.25, 0.3) is 0 Å². The molecule has 2 unspecified atom stereocenters. The molecule has 0 heterocycles. The van der Waals surface area contributed by atoms with E-state index in [1.807, 2.05) is 0 Å². The van der Waals surface area contributed by atoms with Gasteiger partial charge in [-0.2, -0.15) is 11.5 Å². The molecule has 0 amide bonds. The van der Waals surface area contributed by atoms with Crippen LogP contribution in [-0.2, 0) is 63.8 Å². The Kier molecular flexibility index (Phi) is 20.7. The maximum atomic E-state index is 10.6. The van der Waals surface area contributed by atoms with Crippen molar-refractivity contribution < 1.29 is 38.5 Å². The summed E-state index contributed by atoms with van der Waals surface area (Å²) in [4.78, 5) is 21.1. The Morgan fingerprint density at radius 2 is 1.21 bits per heavy atom. The van der Waals surface area contributed by atoms with E-state index < -0.39 is 24.0 Å². The minimum atomic E-state index is -0.625. The van der Waals surface area contributed by atoms with Crippen molar-refractivity contribution in [2.45, 2.75) is 25.9 Å². The summed E-state index contributed by atoms with van der Waals surface area (Å²) >= 11 is 9.08. The van der Waals surface area contributed by atoms with E-state index in [2.05, 4.69) is 34.7 Å². The van der Waals surface area contributed by atoms with Crippen LogP contribution in [0.2, 0.25) is 0 Å². The SMILES string of the molecule is CCOC(=O)C(N)C[S-].CCOC(=O)C(N)C[S-].[Zn+2]. The third kappa shape index (κ3) is 14.4. The fourth-order valence-corrected chi connectivity index (χ4v) is 0.907. The van der Waals surface area contributed by atoms with Crippen molar-refractivity contribution in [2.24, 2.45) is 11.5 Å². The van der Waals surface area contributed by atoms with Crippen molar-refractivity contribution in [1.82, 2.24) is 0 Å². The average molecular weight is 362 g/mol. The number of hydrogen-bond donors (Lipinski definition) is 2. The van der Waals surface area contributed by atoms with Crippen LogP contribution >= 0.6 is 0 Å². The summed E-state index contributed by atoms with van der Waals surface area (Å²) in [5.41, 5.74) is 10.4. The topological polar surface area (TPSA) is 105 Å². The number of ether oxygens (including phenoxy) is 2. The number of esters is 2. The van der Waals surface area contributed by atoms with Gasteiger partial charge in [0.1, 0.15) is 0 Å². The van der Waals surface area contributed by atoms with Crippen LogP contribution in [0.3, 0.4) is 0 Å². The van der Waals surface area contributed by atoms with Gasteiger partial charge in [0.15, 0.2) is 0 Å². The standard InChI is InChI=1S/2C5H11NO2S.Zn/c2*1-2-8-5(7)4(6)3-9;/h2*4,9H,2-3,6H2,1H3;/q;;+2/p-2. The molecule has 4 N–H and O–H groups in total. The summed E-state index contributed by atoms with van der Waals surface area (Å²) in [7, 11) is 0. The molecule has 19 heavy (non-hydrogen) atoms. The second-order valence-electron chi connectivity index (χ2n) is 3.05. The number of rotatable bonds is 6. The molecule has 0 aliphatic heterocycles. The largest absolute Gasteiger partial charge is 2.00 e. The predicted octanol–water partition coefficient (Wildman–Crippen LogP) is -1.16. The minimum absolute atomic E-state index is 0. The van der Waals surface area contributed by atoms with Crippen LogP contribution in [0, 0.1) is 0 Å². The van der Waals surface area contributed by atoms with Crippen molar-refractivity contribution in [3.05, 3.63) is 0 Å². The maximum Gasteiger partial charge on any atom is 2.00 e. The van der Waals surface area contributed by atoms with E-state index in [4.69, 9.17) is 11.5 Å². The van der Waals surface area contributed by atoms with Gasteiger partial charge < -0.3 is 46.2 Å². The Labute approximate surface area is 137 Å². The Morgan fingerprint density at radius 1 is 0.947 bits per heavy atom. The van der Waals surface area contributed by atoms with Gasteiger partial charge in [0.05, 0.1) is 25.3 Å². The molecule has 2 atom stereocenters. The first-order valence-electron chi connectivity index (χ1n) is 5.45. The van der Waals surface area contributed by atoms with E-state index in [1.165, 1.54) is 0 Å². The molecule has 0 bridgehead atoms. The van der Waals surface area contributed by atoms with Gasteiger partial charge in [0.2, 0.25) is 0 Å². The molecule has 0 aromatic rings. The number of nitrogens with two attached hydrogens (primary N) is 2. The molecule has 0 aliphatic carbocycles. The molecule has 0 fully saturated rings. The van der Waals surface area contributed by atoms with E-state index in [0.717, 1.165) is 0 Å². The van der Waals surface area contributed by atoms with Crippen molar-refractivity contribution in [2.75, 3.05) is 24.7 Å². The Hall–Kier alpha value is 0.183. The summed E-state index contributed by atoms with van der Waals surface area (Å²) < 4.78 is 9.13. The van der Waals surface area contributed by atoms with Crippen LogP contribution in [0.5, 0.6) is 0 Å². The monoisotopic (exact) mass is 360 g/mol. The fraction of sp³-hybridized carbons (Fsp3) is 0.800. The summed E-state index contributed by atoms with van der Waals surface area (Å²) in [6.07, 6.45) is 0. The van der Waals surface area contributed by atoms with Crippen molar-refractivity contribution in [3.8, 4) is 0 Å². The van der Waals surface area contributed by atoms with E-state index in [-0.39, 0.29) is 31.0 Å². The second kappa shape index (κ2) is 16.2. The van der Waals surface area contributed by atoms with Crippen LogP contribution in [0.15, 0.2) is 0 Å². The Balaban J connectivity index is -0.000000256. The van der Waals surface area contributed by atoms with Gasteiger partial charge in [-0.25, -0.2) is 0 Å². The molecule has 0 aromatic carbocycles. The molecule has 9 heteroatoms. The van der Waals surface area contributed by atoms with Gasteiger partial charge in [-0.15, -0.1) is 0 Å². The van der Waals surface area contributed by atoms with Crippen LogP contribution in [0.25, 0.3) is 0 Å². The van der Waals surface area contributed by atoms with E-state index >= 15 is 0 Å². The molecule has 0 aromatic heterocycles. The fourth-order valence-electron chi connectivity index (χ4n) is 0.635. The van der Waals surface area contributed by atoms with Crippen LogP contribution < -0.4 is 11.5 Å². The number of carbonyl (C=O) groups is 2. The van der Waals surface area contributed by atoms with E-state index in [0.29, 0.717) is 13.2 Å². The van der Waals surface area contributed by atoms with Gasteiger partial charge in [-0.1, -0.05) is 0 Å². The molecule has 0 saturated carbocycles. The van der Waals surface area contributed by atoms with Crippen LogP contribution in [0.1, 0.15) is 13.8 Å². The first-order valence-corrected chi connectivity index (χ1v) is 6.60. The Morgan fingerprint density at radius 3 is 1.37 bits per heavy atom. The maximum absolute atomic E-state index is 10.6. The first-order chi connectivity index (χ1) is 8.44. The molecule has 0 saturated heterocycles. The molecular weight excluding hydrogens is 342 g/mol. The molecule has 108 valence electrons. The quantitative estimate of drug-likeness (QED) is 0.347. The van der Waals surface area contributed by atoms with Crippen molar-refractivity contribution >= 4 is 37.2 Å². The third-order valence-corrected chi connectivity index (χ3v) is 2.26. The second-order valence-corrected chi connectivity index (χ2v) is 3.72. The van der Waals surface area contributed by atoms with E-state index in [1.54, 1.807) is 13.8 Å². The van der Waals surface area contributed by atoms with Crippen LogP contribution in [0.4, 0.5) is 0 Å². The Bertz CT molecular complexity index is 224. The van der Waals surface area contributed by atoms with Gasteiger partial charge in [-0.05, 0) is 13.8 Å². The molecule has 0 rings (SSSR count). The smallest absolute Gasteiger partial charge is 0.791 e. The summed E-state index contributed by atoms with van der Waals surface area (Å²) in [6.45, 7) is 4.19. The third-order valence-electron chi connectivity index (χ3n) is 1.54. The molecule has 0 aliphatic rings. The summed E-state index contributed by atoms with van der Waals surface area (Å²) in [6, 6.07) is -1.25. The minimum Gasteiger partial charge on any atom is -0.791 e. The average Bonchev–Trinajstić information content (AvgIpc) is 2.38. The molecule has 0 radical (unpaired) electrons. The molecule has 0 spiro atoms. The first kappa shape index (κ1) is 24.2. The zero-order chi connectivity index (χ0) is 14.6. The zero-order valence-electron chi connectivity index (χ0n) is 11.3. The molecule has 6 nitrogen and oxygen atoms in total. The van der Waals surface area contributed by atoms with Gasteiger partial charge >= 0.3 is 31.4 Å². The van der Waals surface area contributed by atoms with Gasteiger partial charge in [0, 0.05) is 0 Å². The van der Waals surface area contributed by atoms with Crippen LogP contribution in [-0.4, -0.2) is 48.7 Å².